The van der Waals surface area contributed by atoms with Crippen LogP contribution >= 0.6 is 11.3 Å². The standard InChI is InChI=1S/C22H21F3N2O3S/c1-2-29-19-9-4-3-8-18(19)21-27-16(14-31-21)13-20(28)26-10-11-30-17-7-5-6-15(12-17)22(23,24)25/h3-9,12,14H,2,10-11,13H2,1H3,(H,26,28). The molecule has 0 aliphatic heterocycles. The smallest absolute Gasteiger partial charge is 0.416 e. The Hall–Kier alpha value is -3.07. The van der Waals surface area contributed by atoms with Crippen molar-refractivity contribution in [3.63, 3.8) is 0 Å². The van der Waals surface area contributed by atoms with Gasteiger partial charge in [0, 0.05) is 5.38 Å². The molecule has 0 saturated heterocycles. The molecule has 2 aromatic carbocycles. The number of thiazole rings is 1. The highest BCUT2D eigenvalue weighted by atomic mass is 32.1. The molecule has 0 unspecified atom stereocenters. The highest BCUT2D eigenvalue weighted by Gasteiger charge is 2.30. The fourth-order valence-electron chi connectivity index (χ4n) is 2.79. The average Bonchev–Trinajstić information content (AvgIpc) is 3.20. The minimum Gasteiger partial charge on any atom is -0.493 e. The van der Waals surface area contributed by atoms with Crippen molar-refractivity contribution >= 4 is 17.2 Å². The fourth-order valence-corrected chi connectivity index (χ4v) is 3.63. The maximum atomic E-state index is 12.7. The Balaban J connectivity index is 1.48. The Morgan fingerprint density at radius 2 is 1.94 bits per heavy atom. The van der Waals surface area contributed by atoms with Crippen LogP contribution in [0.4, 0.5) is 13.2 Å². The first-order valence-corrected chi connectivity index (χ1v) is 10.5. The Labute approximate surface area is 181 Å². The van der Waals surface area contributed by atoms with Crippen molar-refractivity contribution in [2.45, 2.75) is 19.5 Å². The van der Waals surface area contributed by atoms with Crippen LogP contribution in [0.1, 0.15) is 18.2 Å². The molecule has 5 nitrogen and oxygen atoms in total. The number of rotatable bonds is 9. The van der Waals surface area contributed by atoms with E-state index in [4.69, 9.17) is 9.47 Å². The molecule has 1 aromatic heterocycles. The largest absolute Gasteiger partial charge is 0.493 e. The van der Waals surface area contributed by atoms with E-state index >= 15 is 0 Å². The number of alkyl halides is 3. The van der Waals surface area contributed by atoms with E-state index in [1.807, 2.05) is 36.6 Å². The number of benzene rings is 2. The zero-order chi connectivity index (χ0) is 22.3. The molecule has 0 aliphatic rings. The van der Waals surface area contributed by atoms with Crippen LogP contribution in [0.15, 0.2) is 53.9 Å². The van der Waals surface area contributed by atoms with Crippen molar-refractivity contribution < 1.29 is 27.4 Å². The summed E-state index contributed by atoms with van der Waals surface area (Å²) in [5.74, 6) is 0.589. The summed E-state index contributed by atoms with van der Waals surface area (Å²) in [7, 11) is 0. The van der Waals surface area contributed by atoms with Gasteiger partial charge in [0.15, 0.2) is 0 Å². The molecular weight excluding hydrogens is 429 g/mol. The van der Waals surface area contributed by atoms with Crippen LogP contribution in [0.2, 0.25) is 0 Å². The van der Waals surface area contributed by atoms with Crippen molar-refractivity contribution in [2.75, 3.05) is 19.8 Å². The number of para-hydroxylation sites is 1. The number of carbonyl (C=O) groups is 1. The zero-order valence-electron chi connectivity index (χ0n) is 16.7. The number of hydrogen-bond donors (Lipinski definition) is 1. The van der Waals surface area contributed by atoms with Crippen LogP contribution < -0.4 is 14.8 Å². The zero-order valence-corrected chi connectivity index (χ0v) is 17.6. The summed E-state index contributed by atoms with van der Waals surface area (Å²) in [4.78, 5) is 16.7. The van der Waals surface area contributed by atoms with Crippen LogP contribution in [0.25, 0.3) is 10.6 Å². The molecule has 1 N–H and O–H groups in total. The van der Waals surface area contributed by atoms with Gasteiger partial charge in [-0.1, -0.05) is 18.2 Å². The molecule has 0 bridgehead atoms. The van der Waals surface area contributed by atoms with Crippen LogP contribution in [0.3, 0.4) is 0 Å². The molecule has 3 aromatic rings. The summed E-state index contributed by atoms with van der Waals surface area (Å²) in [5.41, 5.74) is 0.720. The number of amides is 1. The molecule has 1 heterocycles. The summed E-state index contributed by atoms with van der Waals surface area (Å²) >= 11 is 1.43. The SMILES string of the molecule is CCOc1ccccc1-c1nc(CC(=O)NCCOc2cccc(C(F)(F)F)c2)cs1. The maximum Gasteiger partial charge on any atom is 0.416 e. The lowest BCUT2D eigenvalue weighted by molar-refractivity contribution is -0.137. The van der Waals surface area contributed by atoms with Gasteiger partial charge < -0.3 is 14.8 Å². The molecule has 0 fully saturated rings. The van der Waals surface area contributed by atoms with Crippen molar-refractivity contribution in [1.29, 1.82) is 0 Å². The third-order valence-corrected chi connectivity index (χ3v) is 5.09. The quantitative estimate of drug-likeness (QED) is 0.468. The molecule has 0 radical (unpaired) electrons. The topological polar surface area (TPSA) is 60.5 Å². The fraction of sp³-hybridized carbons (Fsp3) is 0.273. The van der Waals surface area contributed by atoms with Crippen LogP contribution in [-0.4, -0.2) is 30.6 Å². The van der Waals surface area contributed by atoms with Gasteiger partial charge in [-0.05, 0) is 37.3 Å². The lowest BCUT2D eigenvalue weighted by Gasteiger charge is -2.10. The average molecular weight is 450 g/mol. The van der Waals surface area contributed by atoms with E-state index in [-0.39, 0.29) is 31.2 Å². The molecule has 164 valence electrons. The highest BCUT2D eigenvalue weighted by Crippen LogP contribution is 2.32. The van der Waals surface area contributed by atoms with E-state index in [0.29, 0.717) is 12.3 Å². The van der Waals surface area contributed by atoms with E-state index in [9.17, 15) is 18.0 Å². The molecule has 1 amide bonds. The van der Waals surface area contributed by atoms with Crippen molar-refractivity contribution in [2.24, 2.45) is 0 Å². The first kappa shape index (κ1) is 22.6. The third-order valence-electron chi connectivity index (χ3n) is 4.17. The Morgan fingerprint density at radius 1 is 1.13 bits per heavy atom. The molecule has 9 heteroatoms. The van der Waals surface area contributed by atoms with E-state index in [1.54, 1.807) is 0 Å². The second kappa shape index (κ2) is 10.3. The van der Waals surface area contributed by atoms with E-state index < -0.39 is 11.7 Å². The molecule has 0 atom stereocenters. The predicted octanol–water partition coefficient (Wildman–Crippen LogP) is 4.97. The molecule has 3 rings (SSSR count). The molecule has 0 spiro atoms. The van der Waals surface area contributed by atoms with Gasteiger partial charge in [0.1, 0.15) is 23.1 Å². The van der Waals surface area contributed by atoms with Gasteiger partial charge in [-0.2, -0.15) is 13.2 Å². The molecule has 31 heavy (non-hydrogen) atoms. The van der Waals surface area contributed by atoms with E-state index in [0.717, 1.165) is 28.5 Å². The van der Waals surface area contributed by atoms with Gasteiger partial charge >= 0.3 is 6.18 Å². The van der Waals surface area contributed by atoms with Gasteiger partial charge in [0.2, 0.25) is 5.91 Å². The van der Waals surface area contributed by atoms with Crippen molar-refractivity contribution in [3.8, 4) is 22.1 Å². The summed E-state index contributed by atoms with van der Waals surface area (Å²) in [6.07, 6.45) is -4.33. The van der Waals surface area contributed by atoms with Gasteiger partial charge in [-0.25, -0.2) is 4.98 Å². The normalized spacial score (nSPS) is 11.2. The minimum atomic E-state index is -4.43. The van der Waals surface area contributed by atoms with Crippen LogP contribution in [-0.2, 0) is 17.4 Å². The number of nitrogens with one attached hydrogen (secondary N) is 1. The van der Waals surface area contributed by atoms with Gasteiger partial charge in [-0.3, -0.25) is 4.79 Å². The second-order valence-electron chi connectivity index (χ2n) is 6.47. The monoisotopic (exact) mass is 450 g/mol. The summed E-state index contributed by atoms with van der Waals surface area (Å²) in [5, 5.41) is 5.26. The Kier molecular flexibility index (Phi) is 7.51. The van der Waals surface area contributed by atoms with Crippen molar-refractivity contribution in [3.05, 3.63) is 65.2 Å². The number of ether oxygens (including phenoxy) is 2. The number of carbonyl (C=O) groups excluding carboxylic acids is 1. The summed E-state index contributed by atoms with van der Waals surface area (Å²) < 4.78 is 49.1. The molecule has 0 saturated carbocycles. The number of nitrogens with zero attached hydrogens (tertiary/aromatic N) is 1. The second-order valence-corrected chi connectivity index (χ2v) is 7.33. The first-order valence-electron chi connectivity index (χ1n) is 9.60. The van der Waals surface area contributed by atoms with E-state index in [2.05, 4.69) is 10.3 Å². The Bertz CT molecular complexity index is 1020. The molecule has 0 aliphatic carbocycles. The maximum absolute atomic E-state index is 12.7. The summed E-state index contributed by atoms with van der Waals surface area (Å²) in [6.45, 7) is 2.67. The van der Waals surface area contributed by atoms with Gasteiger partial charge in [0.25, 0.3) is 0 Å². The van der Waals surface area contributed by atoms with Gasteiger partial charge in [0.05, 0.1) is 36.4 Å². The Morgan fingerprint density at radius 3 is 2.71 bits per heavy atom. The van der Waals surface area contributed by atoms with Gasteiger partial charge in [-0.15, -0.1) is 11.3 Å². The number of aromatic nitrogens is 1. The number of hydrogen-bond acceptors (Lipinski definition) is 5. The third kappa shape index (κ3) is 6.45. The lowest BCUT2D eigenvalue weighted by atomic mass is 10.2. The van der Waals surface area contributed by atoms with Crippen LogP contribution in [0.5, 0.6) is 11.5 Å². The molecular formula is C22H21F3N2O3S. The van der Waals surface area contributed by atoms with E-state index in [1.165, 1.54) is 23.5 Å². The summed E-state index contributed by atoms with van der Waals surface area (Å²) in [6, 6.07) is 12.2. The van der Waals surface area contributed by atoms with Crippen molar-refractivity contribution in [1.82, 2.24) is 10.3 Å². The first-order chi connectivity index (χ1) is 14.9. The minimum absolute atomic E-state index is 0.0527. The predicted molar refractivity (Wildman–Crippen MR) is 112 cm³/mol. The number of halogens is 3. The lowest BCUT2D eigenvalue weighted by Crippen LogP contribution is -2.29. The van der Waals surface area contributed by atoms with Crippen LogP contribution in [0, 0.1) is 0 Å². The highest BCUT2D eigenvalue weighted by molar-refractivity contribution is 7.13.